The van der Waals surface area contributed by atoms with Gasteiger partial charge in [0.2, 0.25) is 5.91 Å². The number of ether oxygens (including phenoxy) is 2. The van der Waals surface area contributed by atoms with Crippen molar-refractivity contribution in [3.63, 3.8) is 0 Å². The number of likely N-dealkylation sites (tertiary alicyclic amines) is 1. The Morgan fingerprint density at radius 3 is 2.75 bits per heavy atom. The van der Waals surface area contributed by atoms with Crippen molar-refractivity contribution >= 4 is 17.4 Å². The molecule has 10 nitrogen and oxygen atoms in total. The van der Waals surface area contributed by atoms with E-state index in [4.69, 9.17) is 9.47 Å². The highest BCUT2D eigenvalue weighted by molar-refractivity contribution is 6.01. The molecular weight excluding hydrogens is 460 g/mol. The van der Waals surface area contributed by atoms with E-state index in [0.717, 1.165) is 56.0 Å². The van der Waals surface area contributed by atoms with Gasteiger partial charge in [-0.3, -0.25) is 19.1 Å². The average molecular weight is 491 g/mol. The van der Waals surface area contributed by atoms with Crippen LogP contribution < -0.4 is 30.6 Å². The van der Waals surface area contributed by atoms with Crippen molar-refractivity contribution in [2.75, 3.05) is 56.2 Å². The Morgan fingerprint density at radius 1 is 1.08 bits per heavy atom. The van der Waals surface area contributed by atoms with Crippen LogP contribution in [0.25, 0.3) is 0 Å². The number of aromatic nitrogens is 1. The molecule has 2 N–H and O–H groups in total. The van der Waals surface area contributed by atoms with Gasteiger partial charge in [-0.15, -0.1) is 0 Å². The Hall–Kier alpha value is -3.55. The monoisotopic (exact) mass is 490 g/mol. The van der Waals surface area contributed by atoms with Gasteiger partial charge in [0.1, 0.15) is 25.1 Å². The fraction of sp³-hybridized carbons (Fsp3) is 0.500. The van der Waals surface area contributed by atoms with Gasteiger partial charge in [-0.2, -0.15) is 5.26 Å². The summed E-state index contributed by atoms with van der Waals surface area (Å²) in [4.78, 5) is 29.4. The number of hydrogen-bond acceptors (Lipinski definition) is 8. The minimum Gasteiger partial charge on any atom is -0.486 e. The van der Waals surface area contributed by atoms with Crippen LogP contribution in [0, 0.1) is 11.3 Å². The first-order valence-corrected chi connectivity index (χ1v) is 12.7. The van der Waals surface area contributed by atoms with Crippen LogP contribution in [0.1, 0.15) is 36.4 Å². The maximum Gasteiger partial charge on any atom is 0.252 e. The fourth-order valence-electron chi connectivity index (χ4n) is 5.78. The highest BCUT2D eigenvalue weighted by atomic mass is 16.6. The number of nitrogens with zero attached hydrogens (tertiary/aromatic N) is 4. The van der Waals surface area contributed by atoms with Crippen molar-refractivity contribution in [1.82, 2.24) is 14.8 Å². The molecule has 1 amide bonds. The first-order valence-electron chi connectivity index (χ1n) is 12.7. The number of piperidine rings is 1. The molecule has 0 saturated carbocycles. The van der Waals surface area contributed by atoms with E-state index in [2.05, 4.69) is 21.6 Å². The lowest BCUT2D eigenvalue weighted by Gasteiger charge is -2.42. The van der Waals surface area contributed by atoms with Crippen LogP contribution in [0.15, 0.2) is 29.1 Å². The summed E-state index contributed by atoms with van der Waals surface area (Å²) in [5.74, 6) is 1.94. The third-order valence-corrected chi connectivity index (χ3v) is 7.61. The predicted octanol–water partition coefficient (Wildman–Crippen LogP) is 1.45. The minimum atomic E-state index is -0.0485. The summed E-state index contributed by atoms with van der Waals surface area (Å²) in [6.45, 7) is 5.26. The number of hydrogen-bond donors (Lipinski definition) is 2. The van der Waals surface area contributed by atoms with Crippen molar-refractivity contribution in [2.45, 2.75) is 37.9 Å². The molecule has 1 aromatic carbocycles. The number of rotatable bonds is 5. The summed E-state index contributed by atoms with van der Waals surface area (Å²) in [6.07, 6.45) is 2.80. The minimum absolute atomic E-state index is 0.0205. The third-order valence-electron chi connectivity index (χ3n) is 7.61. The molecule has 10 heteroatoms. The number of amides is 1. The number of anilines is 2. The molecule has 6 rings (SSSR count). The van der Waals surface area contributed by atoms with Crippen LogP contribution in [-0.2, 0) is 11.3 Å². The Kier molecular flexibility index (Phi) is 6.03. The summed E-state index contributed by atoms with van der Waals surface area (Å²) < 4.78 is 13.1. The molecule has 0 aliphatic carbocycles. The molecule has 1 saturated heterocycles. The maximum atomic E-state index is 12.8. The predicted molar refractivity (Wildman–Crippen MR) is 134 cm³/mol. The molecule has 1 fully saturated rings. The van der Waals surface area contributed by atoms with E-state index in [1.807, 2.05) is 16.7 Å². The molecule has 0 unspecified atom stereocenters. The van der Waals surface area contributed by atoms with E-state index < -0.39 is 0 Å². The first kappa shape index (κ1) is 22.9. The van der Waals surface area contributed by atoms with E-state index in [-0.39, 0.29) is 24.1 Å². The molecule has 1 aromatic heterocycles. The first-order chi connectivity index (χ1) is 17.6. The van der Waals surface area contributed by atoms with Crippen LogP contribution in [-0.4, -0.2) is 67.4 Å². The largest absolute Gasteiger partial charge is 0.486 e. The van der Waals surface area contributed by atoms with Gasteiger partial charge >= 0.3 is 0 Å². The normalized spacial score (nSPS) is 21.5. The van der Waals surface area contributed by atoms with Gasteiger partial charge < -0.3 is 25.0 Å². The number of nitriles is 1. The summed E-state index contributed by atoms with van der Waals surface area (Å²) in [7, 11) is 0. The molecule has 0 radical (unpaired) electrons. The SMILES string of the molecule is N#Cc1cc(CNC2CCN(C[C@@H]3CCN4C(=O)CNc5ccc(=O)n3c54)CC2)cc2c1OCCO2. The lowest BCUT2D eigenvalue weighted by molar-refractivity contribution is -0.117. The van der Waals surface area contributed by atoms with Crippen molar-refractivity contribution in [3.05, 3.63) is 45.7 Å². The molecular formula is C26H30N6O4. The third kappa shape index (κ3) is 4.18. The molecule has 0 spiro atoms. The van der Waals surface area contributed by atoms with Crippen molar-refractivity contribution in [1.29, 1.82) is 5.26 Å². The van der Waals surface area contributed by atoms with Gasteiger partial charge in [0.25, 0.3) is 5.56 Å². The standard InChI is InChI=1S/C26H30N6O4/c27-13-18-11-17(12-22-25(18)36-10-9-35-22)14-28-19-3-6-30(7-4-19)16-20-5-8-31-24(34)15-29-21-1-2-23(33)32(20)26(21)31/h1-2,11-12,19-20,28-29H,3-10,14-16H2/t20-/m0/s1. The summed E-state index contributed by atoms with van der Waals surface area (Å²) in [6, 6.07) is 9.88. The van der Waals surface area contributed by atoms with Crippen molar-refractivity contribution < 1.29 is 14.3 Å². The van der Waals surface area contributed by atoms with E-state index in [1.54, 1.807) is 17.0 Å². The van der Waals surface area contributed by atoms with E-state index in [0.29, 0.717) is 49.4 Å². The average Bonchev–Trinajstić information content (AvgIpc) is 2.91. The van der Waals surface area contributed by atoms with Crippen molar-refractivity contribution in [3.8, 4) is 17.6 Å². The number of pyridine rings is 1. The molecule has 36 heavy (non-hydrogen) atoms. The molecule has 5 heterocycles. The Morgan fingerprint density at radius 2 is 1.92 bits per heavy atom. The summed E-state index contributed by atoms with van der Waals surface area (Å²) in [5, 5.41) is 16.3. The molecule has 2 aromatic rings. The lowest BCUT2D eigenvalue weighted by atomic mass is 10.0. The zero-order valence-electron chi connectivity index (χ0n) is 20.2. The van der Waals surface area contributed by atoms with Crippen LogP contribution in [0.3, 0.4) is 0 Å². The molecule has 4 aliphatic heterocycles. The maximum absolute atomic E-state index is 12.8. The molecule has 0 bridgehead atoms. The molecule has 4 aliphatic rings. The quantitative estimate of drug-likeness (QED) is 0.648. The molecule has 188 valence electrons. The van der Waals surface area contributed by atoms with E-state index in [1.165, 1.54) is 0 Å². The second kappa shape index (κ2) is 9.48. The summed E-state index contributed by atoms with van der Waals surface area (Å²) >= 11 is 0. The van der Waals surface area contributed by atoms with Gasteiger partial charge in [0.15, 0.2) is 11.5 Å². The van der Waals surface area contributed by atoms with Crippen LogP contribution >= 0.6 is 0 Å². The van der Waals surface area contributed by atoms with Gasteiger partial charge in [0, 0.05) is 31.7 Å². The lowest BCUT2D eigenvalue weighted by Crippen LogP contribution is -2.51. The number of fused-ring (bicyclic) bond motifs is 1. The van der Waals surface area contributed by atoms with Gasteiger partial charge in [-0.1, -0.05) is 0 Å². The van der Waals surface area contributed by atoms with E-state index >= 15 is 0 Å². The molecule has 1 atom stereocenters. The van der Waals surface area contributed by atoms with Crippen LogP contribution in [0.5, 0.6) is 11.5 Å². The Labute approximate surface area is 209 Å². The summed E-state index contributed by atoms with van der Waals surface area (Å²) in [5.41, 5.74) is 2.34. The van der Waals surface area contributed by atoms with Gasteiger partial charge in [-0.05, 0) is 56.1 Å². The highest BCUT2D eigenvalue weighted by Crippen LogP contribution is 2.36. The number of carbonyl (C=O) groups is 1. The smallest absolute Gasteiger partial charge is 0.252 e. The second-order valence-corrected chi connectivity index (χ2v) is 9.86. The van der Waals surface area contributed by atoms with Crippen LogP contribution in [0.2, 0.25) is 0 Å². The fourth-order valence-corrected chi connectivity index (χ4v) is 5.78. The second-order valence-electron chi connectivity index (χ2n) is 9.86. The number of nitrogens with one attached hydrogen (secondary N) is 2. The zero-order valence-corrected chi connectivity index (χ0v) is 20.2. The van der Waals surface area contributed by atoms with Gasteiger partial charge in [0.05, 0.1) is 23.8 Å². The Bertz CT molecular complexity index is 1280. The Balaban J connectivity index is 1.07. The van der Waals surface area contributed by atoms with Crippen LogP contribution in [0.4, 0.5) is 11.5 Å². The number of benzene rings is 1. The van der Waals surface area contributed by atoms with Crippen molar-refractivity contribution in [2.24, 2.45) is 0 Å². The number of carbonyl (C=O) groups excluding carboxylic acids is 1. The van der Waals surface area contributed by atoms with Gasteiger partial charge in [-0.25, -0.2) is 0 Å². The highest BCUT2D eigenvalue weighted by Gasteiger charge is 2.35. The topological polar surface area (TPSA) is 112 Å². The van der Waals surface area contributed by atoms with E-state index in [9.17, 15) is 14.9 Å². The zero-order chi connectivity index (χ0) is 24.6.